The number of alkyl halides is 3. The van der Waals surface area contributed by atoms with Gasteiger partial charge in [-0.1, -0.05) is 25.4 Å². The van der Waals surface area contributed by atoms with Gasteiger partial charge >= 0.3 is 18.3 Å². The average molecular weight is 588 g/mol. The SMILES string of the molecule is CC.Cc1cc(C)c(C(F)(F)F)c(-c2c(Cl)cc3c(N4CCN(C(=O)OC(C)(C)C)CC4)nc(F)nc3c2F)n1. The van der Waals surface area contributed by atoms with E-state index in [1.165, 1.54) is 30.9 Å². The Morgan fingerprint density at radius 3 is 2.12 bits per heavy atom. The number of aromatic nitrogens is 3. The molecule has 0 N–H and O–H groups in total. The molecule has 1 aliphatic rings. The van der Waals surface area contributed by atoms with Crippen LogP contribution in [-0.2, 0) is 10.9 Å². The lowest BCUT2D eigenvalue weighted by molar-refractivity contribution is -0.137. The number of anilines is 1. The number of halogens is 6. The molecule has 0 spiro atoms. The van der Waals surface area contributed by atoms with Crippen molar-refractivity contribution in [2.24, 2.45) is 0 Å². The normalized spacial score (nSPS) is 14.2. The van der Waals surface area contributed by atoms with Crippen LogP contribution in [0.1, 0.15) is 51.4 Å². The molecule has 13 heteroatoms. The van der Waals surface area contributed by atoms with Crippen LogP contribution in [0.5, 0.6) is 0 Å². The first-order valence-corrected chi connectivity index (χ1v) is 13.1. The van der Waals surface area contributed by atoms with Crippen molar-refractivity contribution >= 4 is 34.4 Å². The number of carbonyl (C=O) groups is 1. The summed E-state index contributed by atoms with van der Waals surface area (Å²) >= 11 is 6.36. The fraction of sp³-hybridized carbons (Fsp3) is 0.481. The van der Waals surface area contributed by atoms with Gasteiger partial charge in [-0.3, -0.25) is 4.98 Å². The Kier molecular flexibility index (Phi) is 9.12. The Balaban J connectivity index is 0.00000216. The van der Waals surface area contributed by atoms with Crippen molar-refractivity contribution in [1.29, 1.82) is 0 Å². The van der Waals surface area contributed by atoms with Crippen LogP contribution in [0, 0.1) is 25.7 Å². The molecule has 0 atom stereocenters. The van der Waals surface area contributed by atoms with Crippen LogP contribution in [0.4, 0.5) is 32.6 Å². The maximum atomic E-state index is 15.9. The van der Waals surface area contributed by atoms with Crippen molar-refractivity contribution in [2.45, 2.75) is 60.2 Å². The number of hydrogen-bond acceptors (Lipinski definition) is 6. The molecular formula is C27H31ClF5N5O2. The van der Waals surface area contributed by atoms with Crippen molar-refractivity contribution < 1.29 is 31.5 Å². The van der Waals surface area contributed by atoms with Gasteiger partial charge in [0.1, 0.15) is 16.9 Å². The molecule has 3 aromatic rings. The van der Waals surface area contributed by atoms with Crippen molar-refractivity contribution in [3.63, 3.8) is 0 Å². The molecule has 1 aromatic carbocycles. The molecule has 0 bridgehead atoms. The maximum absolute atomic E-state index is 15.9. The van der Waals surface area contributed by atoms with E-state index in [-0.39, 0.29) is 53.7 Å². The van der Waals surface area contributed by atoms with Gasteiger partial charge in [-0.2, -0.15) is 27.5 Å². The van der Waals surface area contributed by atoms with E-state index in [9.17, 15) is 22.4 Å². The van der Waals surface area contributed by atoms with Crippen LogP contribution in [0.15, 0.2) is 12.1 Å². The van der Waals surface area contributed by atoms with Crippen LogP contribution < -0.4 is 4.90 Å². The molecular weight excluding hydrogens is 557 g/mol. The highest BCUT2D eigenvalue weighted by Crippen LogP contribution is 2.44. The first-order chi connectivity index (χ1) is 18.6. The van der Waals surface area contributed by atoms with Crippen LogP contribution in [0.2, 0.25) is 5.02 Å². The van der Waals surface area contributed by atoms with E-state index in [4.69, 9.17) is 16.3 Å². The lowest BCUT2D eigenvalue weighted by Gasteiger charge is -2.36. The van der Waals surface area contributed by atoms with E-state index in [0.29, 0.717) is 0 Å². The Bertz CT molecular complexity index is 1420. The molecule has 2 aromatic heterocycles. The van der Waals surface area contributed by atoms with Crippen LogP contribution >= 0.6 is 11.6 Å². The first kappa shape index (κ1) is 31.3. The Morgan fingerprint density at radius 1 is 0.975 bits per heavy atom. The molecule has 4 rings (SSSR count). The third-order valence-electron chi connectivity index (χ3n) is 5.93. The van der Waals surface area contributed by atoms with Gasteiger partial charge in [0.2, 0.25) is 0 Å². The van der Waals surface area contributed by atoms with Crippen molar-refractivity contribution in [3.8, 4) is 11.3 Å². The molecule has 7 nitrogen and oxygen atoms in total. The summed E-state index contributed by atoms with van der Waals surface area (Å²) in [5.41, 5.74) is -3.62. The minimum Gasteiger partial charge on any atom is -0.444 e. The van der Waals surface area contributed by atoms with E-state index < -0.39 is 52.1 Å². The van der Waals surface area contributed by atoms with Gasteiger partial charge in [0.15, 0.2) is 5.82 Å². The smallest absolute Gasteiger partial charge is 0.418 e. The van der Waals surface area contributed by atoms with Crippen LogP contribution in [0.3, 0.4) is 0 Å². The largest absolute Gasteiger partial charge is 0.444 e. The van der Waals surface area contributed by atoms with Crippen molar-refractivity contribution in [1.82, 2.24) is 19.9 Å². The molecule has 1 saturated heterocycles. The Labute approximate surface area is 234 Å². The number of benzene rings is 1. The fourth-order valence-electron chi connectivity index (χ4n) is 4.41. The number of hydrogen-bond donors (Lipinski definition) is 0. The van der Waals surface area contributed by atoms with E-state index in [1.807, 2.05) is 13.8 Å². The van der Waals surface area contributed by atoms with Gasteiger partial charge in [0, 0.05) is 37.3 Å². The number of aryl methyl sites for hydroxylation is 2. The highest BCUT2D eigenvalue weighted by molar-refractivity contribution is 6.34. The number of fused-ring (bicyclic) bond motifs is 1. The zero-order valence-electron chi connectivity index (χ0n) is 23.3. The summed E-state index contributed by atoms with van der Waals surface area (Å²) in [7, 11) is 0. The second-order valence-corrected chi connectivity index (χ2v) is 10.4. The average Bonchev–Trinajstić information content (AvgIpc) is 2.83. The molecule has 1 amide bonds. The van der Waals surface area contributed by atoms with Crippen molar-refractivity contribution in [3.05, 3.63) is 45.9 Å². The molecule has 0 radical (unpaired) electrons. The monoisotopic (exact) mass is 587 g/mol. The molecule has 0 aliphatic carbocycles. The summed E-state index contributed by atoms with van der Waals surface area (Å²) in [5.74, 6) is -1.24. The summed E-state index contributed by atoms with van der Waals surface area (Å²) in [5, 5.41) is -0.344. The lowest BCUT2D eigenvalue weighted by atomic mass is 9.98. The number of ether oxygens (including phenoxy) is 1. The van der Waals surface area contributed by atoms with Gasteiger partial charge < -0.3 is 14.5 Å². The Hall–Kier alpha value is -3.28. The summed E-state index contributed by atoms with van der Waals surface area (Å²) in [6, 6.07) is 2.44. The quantitative estimate of drug-likeness (QED) is 0.231. The van der Waals surface area contributed by atoms with E-state index in [2.05, 4.69) is 15.0 Å². The highest BCUT2D eigenvalue weighted by Gasteiger charge is 2.38. The summed E-state index contributed by atoms with van der Waals surface area (Å²) in [6.45, 7) is 12.8. The van der Waals surface area contributed by atoms with E-state index in [1.54, 1.807) is 25.7 Å². The standard InChI is InChI=1S/C25H25ClF5N5O2.C2H6/c1-12-10-13(2)32-20(17(12)25(29,30)31)16-15(26)11-14-19(18(16)27)33-22(28)34-21(14)35-6-8-36(9-7-35)23(37)38-24(3,4)5;1-2/h10-11H,6-9H2,1-5H3;1-2H3. The maximum Gasteiger partial charge on any atom is 0.418 e. The highest BCUT2D eigenvalue weighted by atomic mass is 35.5. The first-order valence-electron chi connectivity index (χ1n) is 12.7. The minimum atomic E-state index is -4.85. The molecule has 40 heavy (non-hydrogen) atoms. The molecule has 0 saturated carbocycles. The predicted molar refractivity (Wildman–Crippen MR) is 144 cm³/mol. The summed E-state index contributed by atoms with van der Waals surface area (Å²) in [6.07, 6.45) is -6.62. The molecule has 1 aliphatic heterocycles. The van der Waals surface area contributed by atoms with Crippen LogP contribution in [-0.4, -0.2) is 57.7 Å². The third kappa shape index (κ3) is 6.54. The number of pyridine rings is 1. The fourth-order valence-corrected chi connectivity index (χ4v) is 4.70. The second-order valence-electron chi connectivity index (χ2n) is 10.0. The minimum absolute atomic E-state index is 0.00751. The van der Waals surface area contributed by atoms with Gasteiger partial charge in [-0.15, -0.1) is 0 Å². The second kappa shape index (κ2) is 11.7. The van der Waals surface area contributed by atoms with Gasteiger partial charge in [0.05, 0.1) is 21.8 Å². The van der Waals surface area contributed by atoms with Gasteiger partial charge in [-0.05, 0) is 52.3 Å². The summed E-state index contributed by atoms with van der Waals surface area (Å²) in [4.78, 5) is 26.8. The number of piperazine rings is 1. The zero-order valence-corrected chi connectivity index (χ0v) is 24.1. The predicted octanol–water partition coefficient (Wildman–Crippen LogP) is 7.34. The van der Waals surface area contributed by atoms with Crippen LogP contribution in [0.25, 0.3) is 22.2 Å². The summed E-state index contributed by atoms with van der Waals surface area (Å²) < 4.78 is 77.5. The van der Waals surface area contributed by atoms with Gasteiger partial charge in [0.25, 0.3) is 0 Å². The number of rotatable bonds is 2. The van der Waals surface area contributed by atoms with E-state index >= 15 is 4.39 Å². The molecule has 218 valence electrons. The van der Waals surface area contributed by atoms with Crippen molar-refractivity contribution in [2.75, 3.05) is 31.1 Å². The Morgan fingerprint density at radius 2 is 1.57 bits per heavy atom. The van der Waals surface area contributed by atoms with E-state index in [0.717, 1.165) is 0 Å². The molecule has 1 fully saturated rings. The van der Waals surface area contributed by atoms with Gasteiger partial charge in [-0.25, -0.2) is 9.18 Å². The molecule has 0 unspecified atom stereocenters. The zero-order chi connectivity index (χ0) is 30.2. The number of nitrogens with zero attached hydrogens (tertiary/aromatic N) is 5. The lowest BCUT2D eigenvalue weighted by Crippen LogP contribution is -2.50. The third-order valence-corrected chi connectivity index (χ3v) is 6.23. The topological polar surface area (TPSA) is 71.5 Å². The number of carbonyl (C=O) groups excluding carboxylic acids is 1. The molecule has 3 heterocycles. The number of amides is 1.